The third-order valence-electron chi connectivity index (χ3n) is 2.82. The van der Waals surface area contributed by atoms with Crippen molar-refractivity contribution in [2.75, 3.05) is 0 Å². The molecule has 0 saturated carbocycles. The quantitative estimate of drug-likeness (QED) is 0.924. The summed E-state index contributed by atoms with van der Waals surface area (Å²) in [6.07, 6.45) is 1.30. The molecule has 1 N–H and O–H groups in total. The Hall–Kier alpha value is -2.31. The molecule has 0 fully saturated rings. The van der Waals surface area contributed by atoms with Gasteiger partial charge >= 0.3 is 5.97 Å². The van der Waals surface area contributed by atoms with Crippen molar-refractivity contribution >= 4 is 5.97 Å². The molecule has 7 heteroatoms. The van der Waals surface area contributed by atoms with E-state index in [4.69, 9.17) is 5.11 Å². The number of carboxylic acid groups (broad SMARTS) is 1. The van der Waals surface area contributed by atoms with Crippen molar-refractivity contribution in [2.24, 2.45) is 0 Å². The van der Waals surface area contributed by atoms with Gasteiger partial charge < -0.3 is 5.11 Å². The first-order valence-electron chi connectivity index (χ1n) is 5.44. The number of hydrogen-bond acceptors (Lipinski definition) is 3. The minimum Gasteiger partial charge on any atom is -0.479 e. The lowest BCUT2D eigenvalue weighted by Gasteiger charge is -2.21. The summed E-state index contributed by atoms with van der Waals surface area (Å²) in [4.78, 5) is 11.2. The summed E-state index contributed by atoms with van der Waals surface area (Å²) in [5, 5.41) is 16.5. The summed E-state index contributed by atoms with van der Waals surface area (Å²) < 4.78 is 27.3. The minimum absolute atomic E-state index is 0.298. The van der Waals surface area contributed by atoms with Gasteiger partial charge in [0.05, 0.1) is 11.9 Å². The first-order chi connectivity index (χ1) is 8.84. The summed E-state index contributed by atoms with van der Waals surface area (Å²) in [7, 11) is 0. The van der Waals surface area contributed by atoms with Crippen molar-refractivity contribution < 1.29 is 18.7 Å². The Morgan fingerprint density at radius 1 is 1.32 bits per heavy atom. The Bertz CT molecular complexity index is 638. The van der Waals surface area contributed by atoms with Crippen LogP contribution in [0.4, 0.5) is 8.78 Å². The lowest BCUT2D eigenvalue weighted by molar-refractivity contribution is -0.146. The molecule has 0 amide bonds. The van der Waals surface area contributed by atoms with Gasteiger partial charge in [0.25, 0.3) is 0 Å². The molecule has 0 radical (unpaired) electrons. The van der Waals surface area contributed by atoms with Crippen LogP contribution in [0.3, 0.4) is 0 Å². The van der Waals surface area contributed by atoms with Crippen molar-refractivity contribution in [1.29, 1.82) is 0 Å². The summed E-state index contributed by atoms with van der Waals surface area (Å²) in [5.74, 6) is -3.10. The topological polar surface area (TPSA) is 68.0 Å². The molecule has 1 heterocycles. The highest BCUT2D eigenvalue weighted by Gasteiger charge is 2.33. The molecule has 100 valence electrons. The molecular formula is C12H11F2N3O2. The fourth-order valence-electron chi connectivity index (χ4n) is 1.59. The van der Waals surface area contributed by atoms with Crippen LogP contribution in [0.15, 0.2) is 24.4 Å². The van der Waals surface area contributed by atoms with E-state index in [1.807, 2.05) is 0 Å². The van der Waals surface area contributed by atoms with E-state index < -0.39 is 23.1 Å². The Morgan fingerprint density at radius 2 is 2.00 bits per heavy atom. The van der Waals surface area contributed by atoms with E-state index in [0.29, 0.717) is 11.3 Å². The molecule has 2 aromatic rings. The molecule has 1 aromatic heterocycles. The Labute approximate surface area is 107 Å². The maximum absolute atomic E-state index is 13.2. The maximum Gasteiger partial charge on any atom is 0.331 e. The Kier molecular flexibility index (Phi) is 3.05. The zero-order valence-electron chi connectivity index (χ0n) is 10.3. The van der Waals surface area contributed by atoms with Crippen molar-refractivity contribution in [1.82, 2.24) is 15.0 Å². The van der Waals surface area contributed by atoms with Crippen LogP contribution >= 0.6 is 0 Å². The van der Waals surface area contributed by atoms with Gasteiger partial charge in [0.1, 0.15) is 0 Å². The number of carbonyl (C=O) groups is 1. The van der Waals surface area contributed by atoms with E-state index in [0.717, 1.165) is 16.8 Å². The number of hydrogen-bond donors (Lipinski definition) is 1. The van der Waals surface area contributed by atoms with Crippen LogP contribution in [0.5, 0.6) is 0 Å². The van der Waals surface area contributed by atoms with Gasteiger partial charge in [-0.3, -0.25) is 0 Å². The van der Waals surface area contributed by atoms with E-state index in [-0.39, 0.29) is 0 Å². The second-order valence-electron chi connectivity index (χ2n) is 4.52. The normalized spacial score (nSPS) is 11.6. The zero-order chi connectivity index (χ0) is 14.2. The van der Waals surface area contributed by atoms with Gasteiger partial charge in [0.2, 0.25) is 0 Å². The van der Waals surface area contributed by atoms with Crippen molar-refractivity contribution in [3.05, 3.63) is 36.0 Å². The number of halogens is 2. The van der Waals surface area contributed by atoms with Gasteiger partial charge in [0.15, 0.2) is 17.2 Å². The van der Waals surface area contributed by atoms with E-state index in [1.165, 1.54) is 26.1 Å². The van der Waals surface area contributed by atoms with Crippen LogP contribution < -0.4 is 0 Å². The molecule has 0 spiro atoms. The van der Waals surface area contributed by atoms with Crippen LogP contribution in [0.25, 0.3) is 11.3 Å². The average molecular weight is 267 g/mol. The summed E-state index contributed by atoms with van der Waals surface area (Å²) in [6.45, 7) is 2.88. The van der Waals surface area contributed by atoms with Crippen LogP contribution in [0.2, 0.25) is 0 Å². The zero-order valence-corrected chi connectivity index (χ0v) is 10.3. The van der Waals surface area contributed by atoms with E-state index in [1.54, 1.807) is 0 Å². The molecule has 0 aliphatic carbocycles. The molecule has 0 bridgehead atoms. The van der Waals surface area contributed by atoms with Gasteiger partial charge in [-0.15, -0.1) is 5.10 Å². The highest BCUT2D eigenvalue weighted by Crippen LogP contribution is 2.25. The van der Waals surface area contributed by atoms with E-state index in [2.05, 4.69) is 10.3 Å². The summed E-state index contributed by atoms with van der Waals surface area (Å²) >= 11 is 0. The number of aromatic nitrogens is 3. The van der Waals surface area contributed by atoms with Crippen LogP contribution in [0, 0.1) is 11.6 Å². The van der Waals surface area contributed by atoms with Gasteiger partial charge in [-0.2, -0.15) is 0 Å². The first-order valence-corrected chi connectivity index (χ1v) is 5.44. The predicted octanol–water partition coefficient (Wildman–Crippen LogP) is 2.04. The highest BCUT2D eigenvalue weighted by atomic mass is 19.2. The van der Waals surface area contributed by atoms with Gasteiger partial charge in [-0.05, 0) is 32.0 Å². The fourth-order valence-corrected chi connectivity index (χ4v) is 1.59. The number of aliphatic carboxylic acids is 1. The maximum atomic E-state index is 13.2. The van der Waals surface area contributed by atoms with Crippen LogP contribution in [-0.4, -0.2) is 26.1 Å². The smallest absolute Gasteiger partial charge is 0.331 e. The Morgan fingerprint density at radius 3 is 2.58 bits per heavy atom. The summed E-state index contributed by atoms with van der Waals surface area (Å²) in [5.41, 5.74) is -0.749. The van der Waals surface area contributed by atoms with Gasteiger partial charge in [-0.1, -0.05) is 5.21 Å². The molecule has 1 aromatic carbocycles. The first kappa shape index (κ1) is 13.1. The third-order valence-corrected chi connectivity index (χ3v) is 2.82. The van der Waals surface area contributed by atoms with Crippen molar-refractivity contribution in [3.63, 3.8) is 0 Å². The molecular weight excluding hydrogens is 256 g/mol. The molecule has 0 saturated heterocycles. The summed E-state index contributed by atoms with van der Waals surface area (Å²) in [6, 6.07) is 3.28. The minimum atomic E-state index is -1.35. The molecule has 2 rings (SSSR count). The molecule has 0 aliphatic heterocycles. The second kappa shape index (κ2) is 4.42. The molecule has 19 heavy (non-hydrogen) atoms. The SMILES string of the molecule is CC(C)(C(=O)O)n1nncc1-c1ccc(F)c(F)c1. The number of benzene rings is 1. The molecule has 5 nitrogen and oxygen atoms in total. The molecule has 0 atom stereocenters. The van der Waals surface area contributed by atoms with E-state index in [9.17, 15) is 13.6 Å². The van der Waals surface area contributed by atoms with Crippen LogP contribution in [-0.2, 0) is 10.3 Å². The van der Waals surface area contributed by atoms with Crippen molar-refractivity contribution in [2.45, 2.75) is 19.4 Å². The van der Waals surface area contributed by atoms with Gasteiger partial charge in [-0.25, -0.2) is 18.3 Å². The number of nitrogens with zero attached hydrogens (tertiary/aromatic N) is 3. The highest BCUT2D eigenvalue weighted by molar-refractivity contribution is 5.76. The fraction of sp³-hybridized carbons (Fsp3) is 0.250. The lowest BCUT2D eigenvalue weighted by Crippen LogP contribution is -2.37. The number of carboxylic acids is 1. The third kappa shape index (κ3) is 2.18. The lowest BCUT2D eigenvalue weighted by atomic mass is 10.0. The Balaban J connectivity index is 2.56. The van der Waals surface area contributed by atoms with Gasteiger partial charge in [0, 0.05) is 5.56 Å². The monoisotopic (exact) mass is 267 g/mol. The average Bonchev–Trinajstić information content (AvgIpc) is 2.82. The second-order valence-corrected chi connectivity index (χ2v) is 4.52. The predicted molar refractivity (Wildman–Crippen MR) is 62.3 cm³/mol. The largest absolute Gasteiger partial charge is 0.479 e. The molecule has 0 unspecified atom stereocenters. The van der Waals surface area contributed by atoms with Crippen LogP contribution in [0.1, 0.15) is 13.8 Å². The number of rotatable bonds is 3. The molecule has 0 aliphatic rings. The standard InChI is InChI=1S/C12H11F2N3O2/c1-12(2,11(18)19)17-10(6-15-16-17)7-3-4-8(13)9(14)5-7/h3-6H,1-2H3,(H,18,19). The van der Waals surface area contributed by atoms with E-state index >= 15 is 0 Å². The van der Waals surface area contributed by atoms with Crippen molar-refractivity contribution in [3.8, 4) is 11.3 Å².